The highest BCUT2D eigenvalue weighted by Gasteiger charge is 2.24. The summed E-state index contributed by atoms with van der Waals surface area (Å²) in [5, 5.41) is 3.63. The molecule has 1 fully saturated rings. The third kappa shape index (κ3) is 4.64. The number of pyridine rings is 1. The summed E-state index contributed by atoms with van der Waals surface area (Å²) in [4.78, 5) is 30.4. The van der Waals surface area contributed by atoms with E-state index >= 15 is 0 Å². The smallest absolute Gasteiger partial charge is 0.261 e. The number of carbonyl (C=O) groups excluding carboxylic acids is 1. The van der Waals surface area contributed by atoms with Gasteiger partial charge in [0.25, 0.3) is 11.5 Å². The highest BCUT2D eigenvalue weighted by atomic mass is 35.5. The Balaban J connectivity index is 1.50. The monoisotopic (exact) mass is 421 g/mol. The van der Waals surface area contributed by atoms with E-state index in [1.54, 1.807) is 12.1 Å². The normalized spacial score (nSPS) is 15.1. The maximum atomic E-state index is 12.8. The molecule has 2 heterocycles. The first-order valence-corrected chi connectivity index (χ1v) is 10.6. The third-order valence-electron chi connectivity index (χ3n) is 5.51. The molecule has 1 atom stereocenters. The first-order valence-electron chi connectivity index (χ1n) is 10.2. The van der Waals surface area contributed by atoms with Crippen LogP contribution in [0.3, 0.4) is 0 Å². The Labute approximate surface area is 180 Å². The molecular formula is C24H24ClN3O2. The van der Waals surface area contributed by atoms with E-state index in [2.05, 4.69) is 15.2 Å². The van der Waals surface area contributed by atoms with E-state index < -0.39 is 5.56 Å². The van der Waals surface area contributed by atoms with Crippen LogP contribution in [0.1, 0.15) is 34.8 Å². The minimum absolute atomic E-state index is 0.0258. The molecule has 0 radical (unpaired) electrons. The fraction of sp³-hybridized carbons (Fsp3) is 0.250. The van der Waals surface area contributed by atoms with E-state index in [4.69, 9.17) is 11.6 Å². The predicted octanol–water partition coefficient (Wildman–Crippen LogP) is 4.26. The molecule has 1 amide bonds. The summed E-state index contributed by atoms with van der Waals surface area (Å²) in [6.45, 7) is 2.39. The standard InChI is InChI=1S/C24H24ClN3O2/c25-19-10-6-9-18(15-19)22(28-13-4-5-14-28)16-26-23(29)20-11-12-21(27-24(20)30)17-7-2-1-3-8-17/h1-3,6-12,15,22H,4-5,13-14,16H2,(H,26,29)(H,27,30). The van der Waals surface area contributed by atoms with Gasteiger partial charge in [0.1, 0.15) is 5.56 Å². The summed E-state index contributed by atoms with van der Waals surface area (Å²) in [5.74, 6) is -0.373. The first kappa shape index (κ1) is 20.4. The summed E-state index contributed by atoms with van der Waals surface area (Å²) in [6, 6.07) is 20.7. The number of aromatic amines is 1. The van der Waals surface area contributed by atoms with Crippen molar-refractivity contribution in [3.8, 4) is 11.3 Å². The molecule has 30 heavy (non-hydrogen) atoms. The zero-order valence-electron chi connectivity index (χ0n) is 16.6. The molecule has 1 unspecified atom stereocenters. The number of H-pyrrole nitrogens is 1. The van der Waals surface area contributed by atoms with Crippen LogP contribution in [-0.4, -0.2) is 35.4 Å². The van der Waals surface area contributed by atoms with Crippen molar-refractivity contribution in [1.82, 2.24) is 15.2 Å². The average molecular weight is 422 g/mol. The average Bonchev–Trinajstić information content (AvgIpc) is 3.29. The van der Waals surface area contributed by atoms with E-state index in [0.29, 0.717) is 17.3 Å². The van der Waals surface area contributed by atoms with E-state index in [0.717, 1.165) is 37.1 Å². The lowest BCUT2D eigenvalue weighted by Crippen LogP contribution is -2.38. The second-order valence-corrected chi connectivity index (χ2v) is 7.94. The lowest BCUT2D eigenvalue weighted by Gasteiger charge is -2.28. The lowest BCUT2D eigenvalue weighted by atomic mass is 10.1. The molecule has 4 rings (SSSR count). The molecule has 154 valence electrons. The fourth-order valence-corrected chi connectivity index (χ4v) is 4.15. The Kier molecular flexibility index (Phi) is 6.31. The maximum absolute atomic E-state index is 12.8. The second kappa shape index (κ2) is 9.28. The topological polar surface area (TPSA) is 65.2 Å². The van der Waals surface area contributed by atoms with E-state index in [9.17, 15) is 9.59 Å². The molecule has 0 spiro atoms. The van der Waals surface area contributed by atoms with Gasteiger partial charge in [0.05, 0.1) is 6.04 Å². The number of amides is 1. The van der Waals surface area contributed by atoms with Crippen LogP contribution in [0.15, 0.2) is 71.5 Å². The lowest BCUT2D eigenvalue weighted by molar-refractivity contribution is 0.0936. The van der Waals surface area contributed by atoms with E-state index in [1.165, 1.54) is 0 Å². The summed E-state index contributed by atoms with van der Waals surface area (Å²) >= 11 is 6.19. The number of nitrogens with one attached hydrogen (secondary N) is 2. The number of carbonyl (C=O) groups is 1. The minimum atomic E-state index is -0.394. The molecular weight excluding hydrogens is 398 g/mol. The Morgan fingerprint density at radius 3 is 2.50 bits per heavy atom. The molecule has 5 nitrogen and oxygen atoms in total. The van der Waals surface area contributed by atoms with Crippen LogP contribution in [0.2, 0.25) is 5.02 Å². The van der Waals surface area contributed by atoms with Gasteiger partial charge in [-0.05, 0) is 61.3 Å². The van der Waals surface area contributed by atoms with Gasteiger partial charge >= 0.3 is 0 Å². The Bertz CT molecular complexity index is 1080. The van der Waals surface area contributed by atoms with Gasteiger partial charge in [0.2, 0.25) is 0 Å². The number of hydrogen-bond donors (Lipinski definition) is 2. The van der Waals surface area contributed by atoms with Gasteiger partial charge in [-0.2, -0.15) is 0 Å². The van der Waals surface area contributed by atoms with E-state index in [1.807, 2.05) is 54.6 Å². The van der Waals surface area contributed by atoms with Crippen LogP contribution in [-0.2, 0) is 0 Å². The molecule has 1 aliphatic rings. The molecule has 6 heteroatoms. The molecule has 3 aromatic rings. The molecule has 0 aliphatic carbocycles. The van der Waals surface area contributed by atoms with Crippen LogP contribution in [0.25, 0.3) is 11.3 Å². The van der Waals surface area contributed by atoms with Gasteiger partial charge < -0.3 is 10.3 Å². The maximum Gasteiger partial charge on any atom is 0.261 e. The number of halogens is 1. The Morgan fingerprint density at radius 1 is 1.03 bits per heavy atom. The summed E-state index contributed by atoms with van der Waals surface area (Å²) in [7, 11) is 0. The van der Waals surface area contributed by atoms with Crippen molar-refractivity contribution < 1.29 is 4.79 Å². The first-order chi connectivity index (χ1) is 14.6. The SMILES string of the molecule is O=C(NCC(c1cccc(Cl)c1)N1CCCC1)c1ccc(-c2ccccc2)[nH]c1=O. The minimum Gasteiger partial charge on any atom is -0.350 e. The number of rotatable bonds is 6. The molecule has 2 aromatic carbocycles. The van der Waals surface area contributed by atoms with Gasteiger partial charge in [-0.1, -0.05) is 54.1 Å². The van der Waals surface area contributed by atoms with Gasteiger partial charge in [-0.3, -0.25) is 14.5 Å². The van der Waals surface area contributed by atoms with Crippen molar-refractivity contribution in [3.63, 3.8) is 0 Å². The molecule has 1 aromatic heterocycles. The number of benzene rings is 2. The Morgan fingerprint density at radius 2 is 1.80 bits per heavy atom. The van der Waals surface area contributed by atoms with Crippen LogP contribution in [0.4, 0.5) is 0 Å². The van der Waals surface area contributed by atoms with Crippen molar-refractivity contribution in [1.29, 1.82) is 0 Å². The third-order valence-corrected chi connectivity index (χ3v) is 5.74. The highest BCUT2D eigenvalue weighted by Crippen LogP contribution is 2.26. The second-order valence-electron chi connectivity index (χ2n) is 7.50. The van der Waals surface area contributed by atoms with Crippen molar-refractivity contribution in [2.24, 2.45) is 0 Å². The number of nitrogens with zero attached hydrogens (tertiary/aromatic N) is 1. The molecule has 2 N–H and O–H groups in total. The van der Waals surface area contributed by atoms with Gasteiger partial charge in [-0.25, -0.2) is 0 Å². The van der Waals surface area contributed by atoms with Crippen molar-refractivity contribution in [2.45, 2.75) is 18.9 Å². The van der Waals surface area contributed by atoms with Gasteiger partial charge in [0, 0.05) is 17.3 Å². The molecule has 0 saturated carbocycles. The number of hydrogen-bond acceptors (Lipinski definition) is 3. The van der Waals surface area contributed by atoms with Crippen molar-refractivity contribution in [2.75, 3.05) is 19.6 Å². The Hall–Kier alpha value is -2.89. The van der Waals surface area contributed by atoms with Crippen LogP contribution < -0.4 is 10.9 Å². The molecule has 1 saturated heterocycles. The number of aromatic nitrogens is 1. The van der Waals surface area contributed by atoms with Crippen LogP contribution in [0, 0.1) is 0 Å². The largest absolute Gasteiger partial charge is 0.350 e. The zero-order valence-corrected chi connectivity index (χ0v) is 17.4. The number of likely N-dealkylation sites (tertiary alicyclic amines) is 1. The highest BCUT2D eigenvalue weighted by molar-refractivity contribution is 6.30. The quantitative estimate of drug-likeness (QED) is 0.625. The van der Waals surface area contributed by atoms with Gasteiger partial charge in [-0.15, -0.1) is 0 Å². The van der Waals surface area contributed by atoms with Crippen LogP contribution in [0.5, 0.6) is 0 Å². The predicted molar refractivity (Wildman–Crippen MR) is 120 cm³/mol. The van der Waals surface area contributed by atoms with E-state index in [-0.39, 0.29) is 17.5 Å². The summed E-state index contributed by atoms with van der Waals surface area (Å²) in [6.07, 6.45) is 2.29. The van der Waals surface area contributed by atoms with Crippen molar-refractivity contribution in [3.05, 3.63) is 93.2 Å². The fourth-order valence-electron chi connectivity index (χ4n) is 3.95. The van der Waals surface area contributed by atoms with Crippen LogP contribution >= 0.6 is 11.6 Å². The summed E-state index contributed by atoms with van der Waals surface area (Å²) in [5.41, 5.74) is 2.37. The zero-order chi connectivity index (χ0) is 20.9. The molecule has 0 bridgehead atoms. The van der Waals surface area contributed by atoms with Crippen molar-refractivity contribution >= 4 is 17.5 Å². The molecule has 1 aliphatic heterocycles. The summed E-state index contributed by atoms with van der Waals surface area (Å²) < 4.78 is 0. The van der Waals surface area contributed by atoms with Gasteiger partial charge in [0.15, 0.2) is 0 Å².